The van der Waals surface area contributed by atoms with Gasteiger partial charge in [-0.15, -0.1) is 0 Å². The molecule has 2 aliphatic heterocycles. The average Bonchev–Trinajstić information content (AvgIpc) is 2.95. The topological polar surface area (TPSA) is 111 Å². The van der Waals surface area contributed by atoms with E-state index in [4.69, 9.17) is 19.2 Å². The number of hydrogen-bond acceptors (Lipinski definition) is 6. The molecule has 0 amide bonds. The summed E-state index contributed by atoms with van der Waals surface area (Å²) in [5.74, 6) is 0. The summed E-state index contributed by atoms with van der Waals surface area (Å²) in [5.41, 5.74) is 9.40. The van der Waals surface area contributed by atoms with Crippen molar-refractivity contribution in [2.24, 2.45) is 5.11 Å². The van der Waals surface area contributed by atoms with Crippen molar-refractivity contribution in [1.29, 1.82) is 0 Å². The van der Waals surface area contributed by atoms with Crippen molar-refractivity contribution in [1.82, 2.24) is 0 Å². The third-order valence-corrected chi connectivity index (χ3v) is 5.08. The molecule has 0 radical (unpaired) electrons. The second kappa shape index (κ2) is 6.06. The average molecular weight is 343 g/mol. The van der Waals surface area contributed by atoms with Gasteiger partial charge in [0.05, 0.1) is 23.6 Å². The quantitative estimate of drug-likeness (QED) is 0.358. The second-order valence-electron chi connectivity index (χ2n) is 5.34. The zero-order valence-corrected chi connectivity index (χ0v) is 12.9. The lowest BCUT2D eigenvalue weighted by atomic mass is 10.0. The lowest BCUT2D eigenvalue weighted by Gasteiger charge is -2.33. The summed E-state index contributed by atoms with van der Waals surface area (Å²) in [6.45, 7) is 1.82. The fourth-order valence-electron chi connectivity index (χ4n) is 2.54. The van der Waals surface area contributed by atoms with Crippen LogP contribution in [0, 0.1) is 6.92 Å². The van der Waals surface area contributed by atoms with Crippen molar-refractivity contribution in [3.05, 3.63) is 40.3 Å². The second-order valence-corrected chi connectivity index (χ2v) is 6.92. The summed E-state index contributed by atoms with van der Waals surface area (Å²) >= 11 is 0. The molecule has 2 bridgehead atoms. The SMILES string of the molecule is Cc1ccc(S(=O)(=O)O[C@H]2[C@@H]3OC[C@@H](O3)[C@@H](N=[N+]=[N-])[C@@H]2F)cc1. The van der Waals surface area contributed by atoms with Crippen molar-refractivity contribution in [3.63, 3.8) is 0 Å². The van der Waals surface area contributed by atoms with Gasteiger partial charge in [0, 0.05) is 4.91 Å². The van der Waals surface area contributed by atoms with Gasteiger partial charge in [0.1, 0.15) is 6.17 Å². The fraction of sp³-hybridized carbons (Fsp3) is 0.538. The van der Waals surface area contributed by atoms with E-state index < -0.39 is 40.8 Å². The number of fused-ring (bicyclic) bond motifs is 2. The minimum Gasteiger partial charge on any atom is -0.347 e. The molecule has 1 aromatic carbocycles. The van der Waals surface area contributed by atoms with Gasteiger partial charge >= 0.3 is 0 Å². The molecule has 0 aliphatic carbocycles. The lowest BCUT2D eigenvalue weighted by molar-refractivity contribution is -0.172. The van der Waals surface area contributed by atoms with Crippen LogP contribution in [0.25, 0.3) is 10.4 Å². The summed E-state index contributed by atoms with van der Waals surface area (Å²) < 4.78 is 54.6. The van der Waals surface area contributed by atoms with Crippen LogP contribution in [0.2, 0.25) is 0 Å². The van der Waals surface area contributed by atoms with Crippen LogP contribution < -0.4 is 0 Å². The van der Waals surface area contributed by atoms with Crippen molar-refractivity contribution in [2.75, 3.05) is 6.61 Å². The maximum absolute atomic E-state index is 14.5. The van der Waals surface area contributed by atoms with Crippen LogP contribution in [0.1, 0.15) is 5.56 Å². The van der Waals surface area contributed by atoms with Crippen molar-refractivity contribution in [2.45, 2.75) is 42.5 Å². The first-order chi connectivity index (χ1) is 10.9. The molecule has 0 unspecified atom stereocenters. The number of halogens is 1. The molecule has 5 atom stereocenters. The Kier molecular flexibility index (Phi) is 4.26. The van der Waals surface area contributed by atoms with E-state index in [1.807, 2.05) is 0 Å². The monoisotopic (exact) mass is 343 g/mol. The lowest BCUT2D eigenvalue weighted by Crippen LogP contribution is -2.52. The Morgan fingerprint density at radius 1 is 1.39 bits per heavy atom. The third kappa shape index (κ3) is 3.04. The zero-order chi connectivity index (χ0) is 16.6. The Morgan fingerprint density at radius 3 is 2.74 bits per heavy atom. The van der Waals surface area contributed by atoms with Gasteiger partial charge in [0.15, 0.2) is 12.4 Å². The van der Waals surface area contributed by atoms with Crippen LogP contribution in [-0.2, 0) is 23.8 Å². The Labute approximate surface area is 131 Å². The van der Waals surface area contributed by atoms with E-state index in [9.17, 15) is 12.8 Å². The van der Waals surface area contributed by atoms with Gasteiger partial charge in [-0.25, -0.2) is 4.39 Å². The Hall–Kier alpha value is -1.71. The Morgan fingerprint density at radius 2 is 2.09 bits per heavy atom. The number of rotatable bonds is 4. The molecule has 2 aliphatic rings. The maximum atomic E-state index is 14.5. The molecular formula is C13H14FN3O5S. The molecule has 124 valence electrons. The zero-order valence-electron chi connectivity index (χ0n) is 12.1. The van der Waals surface area contributed by atoms with Crippen LogP contribution >= 0.6 is 0 Å². The van der Waals surface area contributed by atoms with Gasteiger partial charge in [-0.3, -0.25) is 4.18 Å². The molecule has 2 fully saturated rings. The highest BCUT2D eigenvalue weighted by Gasteiger charge is 2.53. The standard InChI is InChI=1S/C13H14FN3O5S/c1-7-2-4-8(5-3-7)23(18,19)22-12-10(14)11(16-17-15)9-6-20-13(12)21-9/h2-5,9-13H,6H2,1H3/t9-,10+,11-,12-,13-/m1/s1. The number of hydrogen-bond donors (Lipinski definition) is 0. The van der Waals surface area contributed by atoms with Gasteiger partial charge < -0.3 is 9.47 Å². The molecule has 10 heteroatoms. The molecule has 2 heterocycles. The van der Waals surface area contributed by atoms with Gasteiger partial charge in [-0.2, -0.15) is 8.42 Å². The minimum atomic E-state index is -4.21. The minimum absolute atomic E-state index is 0.0131. The van der Waals surface area contributed by atoms with Crippen molar-refractivity contribution < 1.29 is 26.5 Å². The number of azide groups is 1. The van der Waals surface area contributed by atoms with E-state index in [-0.39, 0.29) is 11.5 Å². The number of nitrogens with zero attached hydrogens (tertiary/aromatic N) is 3. The number of benzene rings is 1. The van der Waals surface area contributed by atoms with Crippen LogP contribution in [0.5, 0.6) is 0 Å². The summed E-state index contributed by atoms with van der Waals surface area (Å²) in [6.07, 6.45) is -5.28. The van der Waals surface area contributed by atoms with Gasteiger partial charge in [0.2, 0.25) is 0 Å². The van der Waals surface area contributed by atoms with Gasteiger partial charge in [0.25, 0.3) is 10.1 Å². The van der Waals surface area contributed by atoms with Crippen molar-refractivity contribution in [3.8, 4) is 0 Å². The van der Waals surface area contributed by atoms with Gasteiger partial charge in [-0.1, -0.05) is 22.8 Å². The fourth-order valence-corrected chi connectivity index (χ4v) is 3.61. The summed E-state index contributed by atoms with van der Waals surface area (Å²) in [6, 6.07) is 4.74. The number of ether oxygens (including phenoxy) is 2. The highest BCUT2D eigenvalue weighted by molar-refractivity contribution is 7.86. The molecule has 0 N–H and O–H groups in total. The number of aryl methyl sites for hydroxylation is 1. The smallest absolute Gasteiger partial charge is 0.297 e. The molecule has 8 nitrogen and oxygen atoms in total. The molecule has 0 spiro atoms. The van der Waals surface area contributed by atoms with Crippen LogP contribution in [-0.4, -0.2) is 45.7 Å². The maximum Gasteiger partial charge on any atom is 0.297 e. The van der Waals surface area contributed by atoms with E-state index >= 15 is 0 Å². The predicted molar refractivity (Wildman–Crippen MR) is 75.7 cm³/mol. The van der Waals surface area contributed by atoms with E-state index in [2.05, 4.69) is 10.0 Å². The first kappa shape index (κ1) is 16.2. The van der Waals surface area contributed by atoms with E-state index in [0.29, 0.717) is 0 Å². The Balaban J connectivity index is 1.85. The van der Waals surface area contributed by atoms with Crippen LogP contribution in [0.4, 0.5) is 4.39 Å². The summed E-state index contributed by atoms with van der Waals surface area (Å²) in [5, 5.41) is 3.33. The third-order valence-electron chi connectivity index (χ3n) is 3.76. The first-order valence-electron chi connectivity index (χ1n) is 6.87. The highest BCUT2D eigenvalue weighted by Crippen LogP contribution is 2.35. The first-order valence-corrected chi connectivity index (χ1v) is 8.28. The van der Waals surface area contributed by atoms with Crippen molar-refractivity contribution >= 4 is 10.1 Å². The van der Waals surface area contributed by atoms with E-state index in [1.165, 1.54) is 12.1 Å². The van der Waals surface area contributed by atoms with Gasteiger partial charge in [-0.05, 0) is 24.6 Å². The molecule has 2 saturated heterocycles. The molecule has 3 rings (SSSR count). The Bertz CT molecular complexity index is 734. The predicted octanol–water partition coefficient (Wildman–Crippen LogP) is 1.84. The molecule has 0 aromatic heterocycles. The normalized spacial score (nSPS) is 33.2. The van der Waals surface area contributed by atoms with Crippen LogP contribution in [0.3, 0.4) is 0 Å². The highest BCUT2D eigenvalue weighted by atomic mass is 32.2. The molecule has 23 heavy (non-hydrogen) atoms. The number of alkyl halides is 1. The summed E-state index contributed by atoms with van der Waals surface area (Å²) in [7, 11) is -4.21. The summed E-state index contributed by atoms with van der Waals surface area (Å²) in [4.78, 5) is 2.47. The molecular weight excluding hydrogens is 329 g/mol. The molecule has 0 saturated carbocycles. The van der Waals surface area contributed by atoms with Crippen LogP contribution in [0.15, 0.2) is 34.3 Å². The van der Waals surface area contributed by atoms with E-state index in [1.54, 1.807) is 19.1 Å². The molecule has 1 aromatic rings. The largest absolute Gasteiger partial charge is 0.347 e. The van der Waals surface area contributed by atoms with E-state index in [0.717, 1.165) is 5.56 Å².